The van der Waals surface area contributed by atoms with Crippen molar-refractivity contribution in [2.45, 2.75) is 44.4 Å². The monoisotopic (exact) mass is 203 g/mol. The molecule has 0 bridgehead atoms. The molecule has 0 aromatic carbocycles. The quantitative estimate of drug-likeness (QED) is 0.727. The van der Waals surface area contributed by atoms with Gasteiger partial charge in [-0.05, 0) is 25.8 Å². The molecule has 2 aliphatic rings. The lowest BCUT2D eigenvalue weighted by Gasteiger charge is -2.33. The Kier molecular flexibility index (Phi) is 3.05. The predicted octanol–water partition coefficient (Wildman–Crippen LogP) is 2.81. The molecule has 14 heavy (non-hydrogen) atoms. The Balaban J connectivity index is 1.97. The van der Waals surface area contributed by atoms with Crippen LogP contribution in [0.3, 0.4) is 0 Å². The zero-order chi connectivity index (χ0) is 10.0. The van der Waals surface area contributed by atoms with Gasteiger partial charge in [-0.3, -0.25) is 0 Å². The molecule has 0 aromatic heterocycles. The van der Waals surface area contributed by atoms with Gasteiger partial charge >= 0.3 is 0 Å². The van der Waals surface area contributed by atoms with Crippen molar-refractivity contribution < 1.29 is 8.78 Å². The molecule has 1 saturated carbocycles. The van der Waals surface area contributed by atoms with Crippen LogP contribution in [0.4, 0.5) is 8.78 Å². The van der Waals surface area contributed by atoms with Crippen molar-refractivity contribution in [2.75, 3.05) is 13.1 Å². The van der Waals surface area contributed by atoms with E-state index in [9.17, 15) is 8.78 Å². The molecule has 0 aromatic rings. The smallest absolute Gasteiger partial charge is 0.254 e. The molecule has 3 heteroatoms. The molecule has 1 heterocycles. The summed E-state index contributed by atoms with van der Waals surface area (Å²) in [6, 6.07) is 0. The molecule has 1 aliphatic heterocycles. The van der Waals surface area contributed by atoms with E-state index in [0.29, 0.717) is 13.0 Å². The molecule has 1 nitrogen and oxygen atoms in total. The van der Waals surface area contributed by atoms with E-state index in [2.05, 4.69) is 5.32 Å². The van der Waals surface area contributed by atoms with E-state index in [0.717, 1.165) is 38.6 Å². The largest absolute Gasteiger partial charge is 0.316 e. The molecular weight excluding hydrogens is 184 g/mol. The highest BCUT2D eigenvalue weighted by Crippen LogP contribution is 2.43. The lowest BCUT2D eigenvalue weighted by atomic mass is 9.79. The van der Waals surface area contributed by atoms with Crippen molar-refractivity contribution in [1.82, 2.24) is 5.32 Å². The Labute approximate surface area is 84.3 Å². The standard InChI is InChI=1S/C11H19F2N/c12-11(13,10-6-7-14-8-10)9-4-2-1-3-5-9/h9-10,14H,1-8H2. The molecular formula is C11H19F2N. The molecule has 82 valence electrons. The van der Waals surface area contributed by atoms with Crippen LogP contribution < -0.4 is 5.32 Å². The summed E-state index contributed by atoms with van der Waals surface area (Å²) in [6.45, 7) is 1.29. The molecule has 0 spiro atoms. The lowest BCUT2D eigenvalue weighted by molar-refractivity contribution is -0.113. The number of nitrogens with one attached hydrogen (secondary N) is 1. The average molecular weight is 203 g/mol. The van der Waals surface area contributed by atoms with Crippen LogP contribution in [0.15, 0.2) is 0 Å². The Hall–Kier alpha value is -0.180. The van der Waals surface area contributed by atoms with Gasteiger partial charge in [-0.2, -0.15) is 0 Å². The van der Waals surface area contributed by atoms with Crippen LogP contribution in [-0.2, 0) is 0 Å². The summed E-state index contributed by atoms with van der Waals surface area (Å²) in [7, 11) is 0. The molecule has 1 saturated heterocycles. The van der Waals surface area contributed by atoms with E-state index < -0.39 is 11.8 Å². The van der Waals surface area contributed by atoms with Gasteiger partial charge in [0.25, 0.3) is 5.92 Å². The van der Waals surface area contributed by atoms with Gasteiger partial charge in [-0.25, -0.2) is 8.78 Å². The summed E-state index contributed by atoms with van der Waals surface area (Å²) < 4.78 is 27.9. The molecule has 2 rings (SSSR count). The maximum absolute atomic E-state index is 14.0. The first-order chi connectivity index (χ1) is 6.71. The van der Waals surface area contributed by atoms with Crippen molar-refractivity contribution in [1.29, 1.82) is 0 Å². The molecule has 1 N–H and O–H groups in total. The summed E-state index contributed by atoms with van der Waals surface area (Å²) in [6.07, 6.45) is 5.28. The highest BCUT2D eigenvalue weighted by atomic mass is 19.3. The number of halogens is 2. The van der Waals surface area contributed by atoms with Crippen LogP contribution in [0, 0.1) is 11.8 Å². The van der Waals surface area contributed by atoms with E-state index in [1.165, 1.54) is 0 Å². The fourth-order valence-electron chi connectivity index (χ4n) is 2.80. The lowest BCUT2D eigenvalue weighted by Crippen LogP contribution is -2.38. The van der Waals surface area contributed by atoms with Crippen molar-refractivity contribution in [3.05, 3.63) is 0 Å². The second-order valence-electron chi connectivity index (χ2n) is 4.70. The van der Waals surface area contributed by atoms with Crippen molar-refractivity contribution in [3.8, 4) is 0 Å². The van der Waals surface area contributed by atoms with E-state index in [-0.39, 0.29) is 5.92 Å². The van der Waals surface area contributed by atoms with Gasteiger partial charge < -0.3 is 5.32 Å². The second kappa shape index (κ2) is 4.13. The minimum Gasteiger partial charge on any atom is -0.316 e. The number of hydrogen-bond acceptors (Lipinski definition) is 1. The minimum atomic E-state index is -2.41. The third kappa shape index (κ3) is 1.92. The molecule has 2 fully saturated rings. The Morgan fingerprint density at radius 2 is 1.64 bits per heavy atom. The second-order valence-corrected chi connectivity index (χ2v) is 4.70. The van der Waals surface area contributed by atoms with Crippen molar-refractivity contribution >= 4 is 0 Å². The number of rotatable bonds is 2. The Morgan fingerprint density at radius 3 is 2.21 bits per heavy atom. The van der Waals surface area contributed by atoms with Gasteiger partial charge in [-0.1, -0.05) is 19.3 Å². The SMILES string of the molecule is FC(F)(C1CCCCC1)C1CCNC1. The van der Waals surface area contributed by atoms with Crippen molar-refractivity contribution in [2.24, 2.45) is 11.8 Å². The Morgan fingerprint density at radius 1 is 0.929 bits per heavy atom. The highest BCUT2D eigenvalue weighted by Gasteiger charge is 2.47. The highest BCUT2D eigenvalue weighted by molar-refractivity contribution is 4.90. The van der Waals surface area contributed by atoms with E-state index in [4.69, 9.17) is 0 Å². The predicted molar refractivity (Wildman–Crippen MR) is 52.5 cm³/mol. The third-order valence-electron chi connectivity index (χ3n) is 3.75. The first-order valence-electron chi connectivity index (χ1n) is 5.80. The summed E-state index contributed by atoms with van der Waals surface area (Å²) in [5, 5.41) is 3.04. The topological polar surface area (TPSA) is 12.0 Å². The fraction of sp³-hybridized carbons (Fsp3) is 1.00. The zero-order valence-corrected chi connectivity index (χ0v) is 8.57. The number of hydrogen-bond donors (Lipinski definition) is 1. The molecule has 1 unspecified atom stereocenters. The van der Waals surface area contributed by atoms with Crippen LogP contribution >= 0.6 is 0 Å². The van der Waals surface area contributed by atoms with Gasteiger partial charge in [-0.15, -0.1) is 0 Å². The van der Waals surface area contributed by atoms with Gasteiger partial charge in [0.1, 0.15) is 0 Å². The maximum Gasteiger partial charge on any atom is 0.254 e. The van der Waals surface area contributed by atoms with Crippen molar-refractivity contribution in [3.63, 3.8) is 0 Å². The van der Waals surface area contributed by atoms with E-state index in [1.807, 2.05) is 0 Å². The van der Waals surface area contributed by atoms with Crippen LogP contribution in [0.5, 0.6) is 0 Å². The first kappa shape index (κ1) is 10.3. The molecule has 1 atom stereocenters. The van der Waals surface area contributed by atoms with Gasteiger partial charge in [0.2, 0.25) is 0 Å². The van der Waals surface area contributed by atoms with Crippen LogP contribution in [0.1, 0.15) is 38.5 Å². The molecule has 0 amide bonds. The third-order valence-corrected chi connectivity index (χ3v) is 3.75. The molecule has 0 radical (unpaired) electrons. The molecule has 1 aliphatic carbocycles. The van der Waals surface area contributed by atoms with Gasteiger partial charge in [0.05, 0.1) is 0 Å². The van der Waals surface area contributed by atoms with Gasteiger partial charge in [0, 0.05) is 18.4 Å². The zero-order valence-electron chi connectivity index (χ0n) is 8.57. The fourth-order valence-corrected chi connectivity index (χ4v) is 2.80. The van der Waals surface area contributed by atoms with Gasteiger partial charge in [0.15, 0.2) is 0 Å². The summed E-state index contributed by atoms with van der Waals surface area (Å²) in [5.74, 6) is -3.14. The van der Waals surface area contributed by atoms with E-state index in [1.54, 1.807) is 0 Å². The van der Waals surface area contributed by atoms with Crippen LogP contribution in [-0.4, -0.2) is 19.0 Å². The first-order valence-corrected chi connectivity index (χ1v) is 5.80. The summed E-state index contributed by atoms with van der Waals surface area (Å²) in [5.41, 5.74) is 0. The summed E-state index contributed by atoms with van der Waals surface area (Å²) >= 11 is 0. The number of alkyl halides is 2. The maximum atomic E-state index is 14.0. The summed E-state index contributed by atoms with van der Waals surface area (Å²) in [4.78, 5) is 0. The average Bonchev–Trinajstić information content (AvgIpc) is 2.72. The van der Waals surface area contributed by atoms with E-state index >= 15 is 0 Å². The van der Waals surface area contributed by atoms with Crippen LogP contribution in [0.25, 0.3) is 0 Å². The van der Waals surface area contributed by atoms with Crippen LogP contribution in [0.2, 0.25) is 0 Å². The normalized spacial score (nSPS) is 30.9. The minimum absolute atomic E-state index is 0.332. The Bertz CT molecular complexity index is 182.